The number of nitrogens with two attached hydrogens (primary N) is 1. The van der Waals surface area contributed by atoms with Gasteiger partial charge in [0, 0.05) is 6.54 Å². The van der Waals surface area contributed by atoms with Gasteiger partial charge in [0.05, 0.1) is 23.5 Å². The van der Waals surface area contributed by atoms with Crippen LogP contribution in [0, 0.1) is 0 Å². The molecule has 0 bridgehead atoms. The SMILES string of the molecule is CC(C)c1c(Cl)cnn1CCN. The van der Waals surface area contributed by atoms with E-state index < -0.39 is 0 Å². The lowest BCUT2D eigenvalue weighted by Gasteiger charge is -2.09. The molecule has 0 spiro atoms. The summed E-state index contributed by atoms with van der Waals surface area (Å²) in [4.78, 5) is 0. The molecule has 0 aromatic carbocycles. The van der Waals surface area contributed by atoms with E-state index in [9.17, 15) is 0 Å². The van der Waals surface area contributed by atoms with Crippen molar-refractivity contribution in [2.24, 2.45) is 5.73 Å². The Hall–Kier alpha value is -0.540. The van der Waals surface area contributed by atoms with Crippen LogP contribution in [0.1, 0.15) is 25.5 Å². The van der Waals surface area contributed by atoms with Crippen LogP contribution in [0.25, 0.3) is 0 Å². The summed E-state index contributed by atoms with van der Waals surface area (Å²) in [6.45, 7) is 5.52. The number of rotatable bonds is 3. The Morgan fingerprint density at radius 1 is 1.67 bits per heavy atom. The predicted molar refractivity (Wildman–Crippen MR) is 50.4 cm³/mol. The van der Waals surface area contributed by atoms with Gasteiger partial charge in [-0.15, -0.1) is 0 Å². The third-order valence-electron chi connectivity index (χ3n) is 1.72. The van der Waals surface area contributed by atoms with E-state index in [1.54, 1.807) is 6.20 Å². The van der Waals surface area contributed by atoms with Gasteiger partial charge >= 0.3 is 0 Å². The van der Waals surface area contributed by atoms with Gasteiger partial charge in [-0.1, -0.05) is 25.4 Å². The van der Waals surface area contributed by atoms with Crippen molar-refractivity contribution < 1.29 is 0 Å². The highest BCUT2D eigenvalue weighted by molar-refractivity contribution is 6.31. The fourth-order valence-electron chi connectivity index (χ4n) is 1.25. The van der Waals surface area contributed by atoms with Crippen LogP contribution >= 0.6 is 11.6 Å². The summed E-state index contributed by atoms with van der Waals surface area (Å²) < 4.78 is 1.87. The maximum atomic E-state index is 5.95. The Labute approximate surface area is 77.5 Å². The van der Waals surface area contributed by atoms with Crippen LogP contribution in [0.5, 0.6) is 0 Å². The first-order valence-electron chi connectivity index (χ1n) is 4.08. The Kier molecular flexibility index (Phi) is 3.12. The van der Waals surface area contributed by atoms with Gasteiger partial charge in [0.2, 0.25) is 0 Å². The third kappa shape index (κ3) is 1.79. The Morgan fingerprint density at radius 3 is 2.83 bits per heavy atom. The van der Waals surface area contributed by atoms with Gasteiger partial charge in [-0.2, -0.15) is 5.10 Å². The average Bonchev–Trinajstić information content (AvgIpc) is 2.32. The molecule has 0 fully saturated rings. The average molecular weight is 188 g/mol. The van der Waals surface area contributed by atoms with Gasteiger partial charge in [0.25, 0.3) is 0 Å². The topological polar surface area (TPSA) is 43.8 Å². The van der Waals surface area contributed by atoms with Gasteiger partial charge in [0.15, 0.2) is 0 Å². The molecule has 1 aromatic heterocycles. The van der Waals surface area contributed by atoms with Crippen molar-refractivity contribution in [3.63, 3.8) is 0 Å². The monoisotopic (exact) mass is 187 g/mol. The summed E-state index contributed by atoms with van der Waals surface area (Å²) >= 11 is 5.95. The number of hydrogen-bond acceptors (Lipinski definition) is 2. The van der Waals surface area contributed by atoms with Crippen molar-refractivity contribution in [3.05, 3.63) is 16.9 Å². The standard InChI is InChI=1S/C8H14ClN3/c1-6(2)8-7(9)5-11-12(8)4-3-10/h5-6H,3-4,10H2,1-2H3. The van der Waals surface area contributed by atoms with Gasteiger partial charge in [-0.25, -0.2) is 0 Å². The summed E-state index contributed by atoms with van der Waals surface area (Å²) in [5.74, 6) is 0.395. The number of hydrogen-bond donors (Lipinski definition) is 1. The smallest absolute Gasteiger partial charge is 0.0820 e. The molecule has 0 saturated carbocycles. The normalized spacial score (nSPS) is 11.1. The molecule has 0 aliphatic carbocycles. The third-order valence-corrected chi connectivity index (χ3v) is 2.01. The molecule has 0 saturated heterocycles. The molecule has 1 heterocycles. The summed E-state index contributed by atoms with van der Waals surface area (Å²) in [6, 6.07) is 0. The van der Waals surface area contributed by atoms with E-state index in [1.165, 1.54) is 0 Å². The predicted octanol–water partition coefficient (Wildman–Crippen LogP) is 1.62. The molecular weight excluding hydrogens is 174 g/mol. The summed E-state index contributed by atoms with van der Waals surface area (Å²) in [7, 11) is 0. The second kappa shape index (κ2) is 3.92. The zero-order valence-corrected chi connectivity index (χ0v) is 8.17. The first kappa shape index (κ1) is 9.55. The quantitative estimate of drug-likeness (QED) is 0.782. The molecule has 12 heavy (non-hydrogen) atoms. The minimum absolute atomic E-state index is 0.395. The van der Waals surface area contributed by atoms with Crippen LogP contribution in [0.3, 0.4) is 0 Å². The lowest BCUT2D eigenvalue weighted by atomic mass is 10.1. The van der Waals surface area contributed by atoms with Crippen LogP contribution < -0.4 is 5.73 Å². The molecule has 4 heteroatoms. The molecule has 0 unspecified atom stereocenters. The van der Waals surface area contributed by atoms with Crippen molar-refractivity contribution >= 4 is 11.6 Å². The highest BCUT2D eigenvalue weighted by atomic mass is 35.5. The van der Waals surface area contributed by atoms with E-state index in [-0.39, 0.29) is 0 Å². The van der Waals surface area contributed by atoms with Crippen LogP contribution in [-0.2, 0) is 6.54 Å². The molecule has 0 amide bonds. The molecule has 68 valence electrons. The number of aromatic nitrogens is 2. The molecule has 0 aliphatic heterocycles. The highest BCUT2D eigenvalue weighted by Crippen LogP contribution is 2.23. The second-order valence-electron chi connectivity index (χ2n) is 3.04. The first-order valence-corrected chi connectivity index (χ1v) is 4.46. The lowest BCUT2D eigenvalue weighted by molar-refractivity contribution is 0.575. The summed E-state index contributed by atoms with van der Waals surface area (Å²) in [6.07, 6.45) is 1.67. The van der Waals surface area contributed by atoms with Crippen molar-refractivity contribution in [1.82, 2.24) is 9.78 Å². The van der Waals surface area contributed by atoms with Gasteiger partial charge in [0.1, 0.15) is 0 Å². The van der Waals surface area contributed by atoms with Gasteiger partial charge in [-0.3, -0.25) is 4.68 Å². The van der Waals surface area contributed by atoms with E-state index in [1.807, 2.05) is 4.68 Å². The molecule has 0 aliphatic rings. The summed E-state index contributed by atoms with van der Waals surface area (Å²) in [5.41, 5.74) is 6.51. The van der Waals surface area contributed by atoms with Crippen molar-refractivity contribution in [2.75, 3.05) is 6.54 Å². The van der Waals surface area contributed by atoms with Crippen LogP contribution in [-0.4, -0.2) is 16.3 Å². The van der Waals surface area contributed by atoms with E-state index in [0.717, 1.165) is 17.3 Å². The Balaban J connectivity index is 2.95. The minimum atomic E-state index is 0.395. The minimum Gasteiger partial charge on any atom is -0.329 e. The molecule has 3 nitrogen and oxygen atoms in total. The Bertz CT molecular complexity index is 255. The number of halogens is 1. The molecular formula is C8H14ClN3. The lowest BCUT2D eigenvalue weighted by Crippen LogP contribution is -2.14. The Morgan fingerprint density at radius 2 is 2.33 bits per heavy atom. The second-order valence-corrected chi connectivity index (χ2v) is 3.45. The van der Waals surface area contributed by atoms with E-state index in [2.05, 4.69) is 18.9 Å². The largest absolute Gasteiger partial charge is 0.329 e. The van der Waals surface area contributed by atoms with Crippen LogP contribution in [0.15, 0.2) is 6.20 Å². The fourth-order valence-corrected chi connectivity index (χ4v) is 1.61. The van der Waals surface area contributed by atoms with Gasteiger partial charge < -0.3 is 5.73 Å². The fraction of sp³-hybridized carbons (Fsp3) is 0.625. The van der Waals surface area contributed by atoms with Gasteiger partial charge in [-0.05, 0) is 5.92 Å². The van der Waals surface area contributed by atoms with Crippen molar-refractivity contribution in [2.45, 2.75) is 26.3 Å². The molecule has 1 rings (SSSR count). The first-order chi connectivity index (χ1) is 5.66. The van der Waals surface area contributed by atoms with Crippen molar-refractivity contribution in [3.8, 4) is 0 Å². The molecule has 2 N–H and O–H groups in total. The van der Waals surface area contributed by atoms with Crippen molar-refractivity contribution in [1.29, 1.82) is 0 Å². The molecule has 0 radical (unpaired) electrons. The van der Waals surface area contributed by atoms with Crippen LogP contribution in [0.4, 0.5) is 0 Å². The van der Waals surface area contributed by atoms with E-state index >= 15 is 0 Å². The number of nitrogens with zero attached hydrogens (tertiary/aromatic N) is 2. The van der Waals surface area contributed by atoms with E-state index in [0.29, 0.717) is 12.5 Å². The highest BCUT2D eigenvalue weighted by Gasteiger charge is 2.11. The maximum absolute atomic E-state index is 5.95. The zero-order valence-electron chi connectivity index (χ0n) is 7.42. The molecule has 1 aromatic rings. The van der Waals surface area contributed by atoms with Crippen LogP contribution in [0.2, 0.25) is 5.02 Å². The zero-order chi connectivity index (χ0) is 9.14. The molecule has 0 atom stereocenters. The summed E-state index contributed by atoms with van der Waals surface area (Å²) in [5, 5.41) is 4.87. The maximum Gasteiger partial charge on any atom is 0.0820 e. The van der Waals surface area contributed by atoms with E-state index in [4.69, 9.17) is 17.3 Å².